The van der Waals surface area contributed by atoms with Crippen molar-refractivity contribution in [2.45, 2.75) is 25.4 Å². The molecule has 1 amide bonds. The van der Waals surface area contributed by atoms with Gasteiger partial charge in [-0.15, -0.1) is 0 Å². The van der Waals surface area contributed by atoms with E-state index >= 15 is 0 Å². The van der Waals surface area contributed by atoms with Gasteiger partial charge in [-0.1, -0.05) is 12.1 Å². The number of benzene rings is 1. The van der Waals surface area contributed by atoms with E-state index < -0.39 is 0 Å². The number of carbonyl (C=O) groups is 1. The zero-order chi connectivity index (χ0) is 12.3. The number of aliphatic hydroxyl groups excluding tert-OH is 1. The van der Waals surface area contributed by atoms with Crippen LogP contribution in [0.15, 0.2) is 24.3 Å². The Bertz CT molecular complexity index is 389. The molecule has 0 saturated carbocycles. The zero-order valence-electron chi connectivity index (χ0n) is 9.80. The van der Waals surface area contributed by atoms with E-state index in [9.17, 15) is 9.90 Å². The molecule has 17 heavy (non-hydrogen) atoms. The average molecular weight is 234 g/mol. The summed E-state index contributed by atoms with van der Waals surface area (Å²) in [6.07, 6.45) is 1.59. The van der Waals surface area contributed by atoms with Gasteiger partial charge in [-0.05, 0) is 30.5 Å². The summed E-state index contributed by atoms with van der Waals surface area (Å²) >= 11 is 0. The number of anilines is 1. The molecule has 1 aromatic carbocycles. The summed E-state index contributed by atoms with van der Waals surface area (Å²) in [5.74, 6) is 0.123. The second kappa shape index (κ2) is 5.19. The van der Waals surface area contributed by atoms with Crippen LogP contribution in [0.25, 0.3) is 0 Å². The maximum Gasteiger partial charge on any atom is 0.222 e. The van der Waals surface area contributed by atoms with Gasteiger partial charge in [0.1, 0.15) is 0 Å². The number of nitrogens with zero attached hydrogens (tertiary/aromatic N) is 1. The molecule has 4 heteroatoms. The van der Waals surface area contributed by atoms with Crippen molar-refractivity contribution in [3.05, 3.63) is 29.8 Å². The molecule has 1 heterocycles. The molecule has 0 radical (unpaired) electrons. The highest BCUT2D eigenvalue weighted by Gasteiger charge is 2.23. The fraction of sp³-hybridized carbons (Fsp3) is 0.462. The lowest BCUT2D eigenvalue weighted by Gasteiger charge is -2.15. The maximum absolute atomic E-state index is 11.8. The molecular weight excluding hydrogens is 216 g/mol. The van der Waals surface area contributed by atoms with E-state index in [1.165, 1.54) is 0 Å². The number of likely N-dealkylation sites (tertiary alicyclic amines) is 1. The molecule has 1 unspecified atom stereocenters. The number of hydrogen-bond acceptors (Lipinski definition) is 3. The van der Waals surface area contributed by atoms with Crippen molar-refractivity contribution in [1.82, 2.24) is 4.90 Å². The number of rotatable bonds is 3. The van der Waals surface area contributed by atoms with Gasteiger partial charge in [0.25, 0.3) is 0 Å². The second-order valence-corrected chi connectivity index (χ2v) is 4.52. The van der Waals surface area contributed by atoms with Crippen LogP contribution in [0.2, 0.25) is 0 Å². The Morgan fingerprint density at radius 3 is 2.71 bits per heavy atom. The van der Waals surface area contributed by atoms with E-state index in [4.69, 9.17) is 5.73 Å². The smallest absolute Gasteiger partial charge is 0.222 e. The summed E-state index contributed by atoms with van der Waals surface area (Å²) in [5, 5.41) is 9.36. The minimum Gasteiger partial charge on any atom is -0.399 e. The van der Waals surface area contributed by atoms with Crippen LogP contribution in [0, 0.1) is 0 Å². The minimum absolute atomic E-state index is 0.123. The second-order valence-electron chi connectivity index (χ2n) is 4.52. The Hall–Kier alpha value is -1.55. The van der Waals surface area contributed by atoms with E-state index in [-0.39, 0.29) is 12.0 Å². The van der Waals surface area contributed by atoms with Crippen LogP contribution < -0.4 is 5.73 Å². The first kappa shape index (κ1) is 11.9. The Morgan fingerprint density at radius 1 is 1.41 bits per heavy atom. The molecular formula is C13H18N2O2. The van der Waals surface area contributed by atoms with Crippen molar-refractivity contribution in [2.24, 2.45) is 0 Å². The van der Waals surface area contributed by atoms with Crippen molar-refractivity contribution < 1.29 is 9.90 Å². The summed E-state index contributed by atoms with van der Waals surface area (Å²) in [6.45, 7) is 1.17. The Labute approximate surface area is 101 Å². The number of nitrogens with two attached hydrogens (primary N) is 1. The van der Waals surface area contributed by atoms with Crippen LogP contribution in [0.5, 0.6) is 0 Å². The lowest BCUT2D eigenvalue weighted by molar-refractivity contribution is -0.130. The zero-order valence-corrected chi connectivity index (χ0v) is 9.80. The molecule has 1 fully saturated rings. The monoisotopic (exact) mass is 234 g/mol. The fourth-order valence-electron chi connectivity index (χ4n) is 2.06. The quantitative estimate of drug-likeness (QED) is 0.760. The minimum atomic E-state index is -0.338. The van der Waals surface area contributed by atoms with Crippen LogP contribution in [0.1, 0.15) is 18.4 Å². The number of hydrogen-bond donors (Lipinski definition) is 2. The van der Waals surface area contributed by atoms with Gasteiger partial charge < -0.3 is 15.7 Å². The van der Waals surface area contributed by atoms with Crippen LogP contribution in [0.3, 0.4) is 0 Å². The molecule has 0 aromatic heterocycles. The van der Waals surface area contributed by atoms with Gasteiger partial charge in [0.2, 0.25) is 5.91 Å². The summed E-state index contributed by atoms with van der Waals surface area (Å²) in [7, 11) is 0. The number of aliphatic hydroxyl groups is 1. The largest absolute Gasteiger partial charge is 0.399 e. The van der Waals surface area contributed by atoms with E-state index in [2.05, 4.69) is 0 Å². The van der Waals surface area contributed by atoms with Crippen LogP contribution in [-0.2, 0) is 11.2 Å². The third-order valence-corrected chi connectivity index (χ3v) is 3.12. The Morgan fingerprint density at radius 2 is 2.12 bits per heavy atom. The Kier molecular flexibility index (Phi) is 3.64. The number of nitrogen functional groups attached to an aromatic ring is 1. The summed E-state index contributed by atoms with van der Waals surface area (Å²) in [6, 6.07) is 7.59. The highest BCUT2D eigenvalue weighted by Crippen LogP contribution is 2.12. The predicted octanol–water partition coefficient (Wildman–Crippen LogP) is 0.795. The highest BCUT2D eigenvalue weighted by molar-refractivity contribution is 5.76. The predicted molar refractivity (Wildman–Crippen MR) is 66.4 cm³/mol. The van der Waals surface area contributed by atoms with Crippen molar-refractivity contribution in [2.75, 3.05) is 18.8 Å². The molecule has 1 aliphatic rings. The molecule has 2 rings (SSSR count). The molecule has 1 aliphatic heterocycles. The van der Waals surface area contributed by atoms with Gasteiger partial charge in [-0.3, -0.25) is 4.79 Å². The first-order valence-electron chi connectivity index (χ1n) is 5.95. The molecule has 0 bridgehead atoms. The average Bonchev–Trinajstić information content (AvgIpc) is 2.75. The normalized spacial score (nSPS) is 19.6. The van der Waals surface area contributed by atoms with Crippen molar-refractivity contribution in [1.29, 1.82) is 0 Å². The van der Waals surface area contributed by atoms with Gasteiger partial charge in [0.15, 0.2) is 0 Å². The first-order valence-corrected chi connectivity index (χ1v) is 5.95. The summed E-state index contributed by atoms with van der Waals surface area (Å²) in [5.41, 5.74) is 7.45. The van der Waals surface area contributed by atoms with E-state index in [1.54, 1.807) is 4.90 Å². The molecule has 1 aromatic rings. The van der Waals surface area contributed by atoms with E-state index in [1.807, 2.05) is 24.3 Å². The van der Waals surface area contributed by atoms with Crippen LogP contribution >= 0.6 is 0 Å². The number of carbonyl (C=O) groups excluding carboxylic acids is 1. The van der Waals surface area contributed by atoms with Crippen LogP contribution in [-0.4, -0.2) is 35.1 Å². The summed E-state index contributed by atoms with van der Waals surface area (Å²) < 4.78 is 0. The molecule has 1 atom stereocenters. The summed E-state index contributed by atoms with van der Waals surface area (Å²) in [4.78, 5) is 13.6. The van der Waals surface area contributed by atoms with Gasteiger partial charge in [0, 0.05) is 25.2 Å². The molecule has 0 aliphatic carbocycles. The molecule has 0 spiro atoms. The van der Waals surface area contributed by atoms with E-state index in [0.717, 1.165) is 17.7 Å². The molecule has 92 valence electrons. The number of β-amino-alcohol motifs (C(OH)–C–C–N with tert-alkyl or cyclic N) is 1. The standard InChI is InChI=1S/C13H18N2O2/c14-11-4-1-10(2-5-11)3-6-13(17)15-8-7-12(16)9-15/h1-2,4-5,12,16H,3,6-9,14H2. The van der Waals surface area contributed by atoms with E-state index in [0.29, 0.717) is 25.9 Å². The van der Waals surface area contributed by atoms with Crippen molar-refractivity contribution >= 4 is 11.6 Å². The number of amides is 1. The highest BCUT2D eigenvalue weighted by atomic mass is 16.3. The van der Waals surface area contributed by atoms with Gasteiger partial charge >= 0.3 is 0 Å². The number of aryl methyl sites for hydroxylation is 1. The van der Waals surface area contributed by atoms with Gasteiger partial charge in [-0.25, -0.2) is 0 Å². The van der Waals surface area contributed by atoms with Crippen molar-refractivity contribution in [3.63, 3.8) is 0 Å². The lowest BCUT2D eigenvalue weighted by Crippen LogP contribution is -2.29. The van der Waals surface area contributed by atoms with Gasteiger partial charge in [-0.2, -0.15) is 0 Å². The molecule has 4 nitrogen and oxygen atoms in total. The molecule has 1 saturated heterocycles. The third-order valence-electron chi connectivity index (χ3n) is 3.12. The SMILES string of the molecule is Nc1ccc(CCC(=O)N2CCC(O)C2)cc1. The van der Waals surface area contributed by atoms with Crippen LogP contribution in [0.4, 0.5) is 5.69 Å². The lowest BCUT2D eigenvalue weighted by atomic mass is 10.1. The third kappa shape index (κ3) is 3.20. The maximum atomic E-state index is 11.8. The Balaban J connectivity index is 1.82. The fourth-order valence-corrected chi connectivity index (χ4v) is 2.06. The molecule has 3 N–H and O–H groups in total. The topological polar surface area (TPSA) is 66.6 Å². The van der Waals surface area contributed by atoms with Gasteiger partial charge in [0.05, 0.1) is 6.10 Å². The first-order chi connectivity index (χ1) is 8.15. The van der Waals surface area contributed by atoms with Crippen molar-refractivity contribution in [3.8, 4) is 0 Å².